The van der Waals surface area contributed by atoms with Crippen molar-refractivity contribution in [2.75, 3.05) is 32.8 Å². The minimum atomic E-state index is -3.73. The molecule has 1 amide bonds. The maximum absolute atomic E-state index is 13.5. The van der Waals surface area contributed by atoms with Crippen molar-refractivity contribution in [3.8, 4) is 0 Å². The van der Waals surface area contributed by atoms with Crippen molar-refractivity contribution in [3.05, 3.63) is 53.1 Å². The third kappa shape index (κ3) is 4.49. The molecular weight excluding hydrogens is 416 g/mol. The van der Waals surface area contributed by atoms with Gasteiger partial charge in [-0.25, -0.2) is 18.4 Å². The quantitative estimate of drug-likeness (QED) is 0.719. The molecule has 0 spiro atoms. The molecule has 1 atom stereocenters. The molecule has 3 heterocycles. The van der Waals surface area contributed by atoms with Gasteiger partial charge in [-0.2, -0.15) is 4.31 Å². The highest BCUT2D eigenvalue weighted by Gasteiger charge is 2.38. The number of ether oxygens (including phenoxy) is 1. The molecule has 0 unspecified atom stereocenters. The minimum Gasteiger partial charge on any atom is -0.378 e. The van der Waals surface area contributed by atoms with Crippen LogP contribution in [0.1, 0.15) is 52.7 Å². The van der Waals surface area contributed by atoms with Crippen LogP contribution in [-0.2, 0) is 14.8 Å². The zero-order chi connectivity index (χ0) is 22.0. The first-order chi connectivity index (χ1) is 14.9. The summed E-state index contributed by atoms with van der Waals surface area (Å²) in [6.07, 6.45) is 3.81. The predicted octanol–water partition coefficient (Wildman–Crippen LogP) is 2.48. The first-order valence-corrected chi connectivity index (χ1v) is 12.1. The lowest BCUT2D eigenvalue weighted by molar-refractivity contribution is 0.0300. The molecule has 31 heavy (non-hydrogen) atoms. The van der Waals surface area contributed by atoms with E-state index < -0.39 is 16.1 Å². The molecule has 9 heteroatoms. The Bertz CT molecular complexity index is 1050. The Kier molecular flexibility index (Phi) is 6.36. The van der Waals surface area contributed by atoms with Crippen molar-refractivity contribution in [1.29, 1.82) is 0 Å². The maximum atomic E-state index is 13.5. The van der Waals surface area contributed by atoms with E-state index in [9.17, 15) is 13.2 Å². The number of sulfonamides is 1. The zero-order valence-corrected chi connectivity index (χ0v) is 18.8. The molecule has 8 nitrogen and oxygen atoms in total. The van der Waals surface area contributed by atoms with Gasteiger partial charge in [0.05, 0.1) is 35.4 Å². The number of hydrogen-bond acceptors (Lipinski definition) is 6. The minimum absolute atomic E-state index is 0.170. The van der Waals surface area contributed by atoms with Gasteiger partial charge in [0.2, 0.25) is 10.0 Å². The first kappa shape index (κ1) is 21.9. The maximum Gasteiger partial charge on any atom is 0.257 e. The lowest BCUT2D eigenvalue weighted by Gasteiger charge is -2.35. The fourth-order valence-electron chi connectivity index (χ4n) is 4.15. The van der Waals surface area contributed by atoms with Gasteiger partial charge in [-0.15, -0.1) is 0 Å². The second kappa shape index (κ2) is 9.02. The predicted molar refractivity (Wildman–Crippen MR) is 115 cm³/mol. The van der Waals surface area contributed by atoms with E-state index in [0.29, 0.717) is 56.4 Å². The Morgan fingerprint density at radius 1 is 1.06 bits per heavy atom. The summed E-state index contributed by atoms with van der Waals surface area (Å²) < 4.78 is 33.9. The van der Waals surface area contributed by atoms with Gasteiger partial charge < -0.3 is 9.64 Å². The Balaban J connectivity index is 1.73. The van der Waals surface area contributed by atoms with Crippen LogP contribution in [0, 0.1) is 13.8 Å². The fourth-order valence-corrected chi connectivity index (χ4v) is 5.82. The highest BCUT2D eigenvalue weighted by molar-refractivity contribution is 7.89. The van der Waals surface area contributed by atoms with Gasteiger partial charge in [0.15, 0.2) is 0 Å². The van der Waals surface area contributed by atoms with Crippen LogP contribution < -0.4 is 0 Å². The second-order valence-electron chi connectivity index (χ2n) is 8.06. The van der Waals surface area contributed by atoms with Crippen LogP contribution in [0.2, 0.25) is 0 Å². The van der Waals surface area contributed by atoms with Crippen molar-refractivity contribution in [3.63, 3.8) is 0 Å². The molecule has 2 aliphatic heterocycles. The molecule has 166 valence electrons. The van der Waals surface area contributed by atoms with Crippen LogP contribution >= 0.6 is 0 Å². The molecular formula is C22H28N4O4S. The first-order valence-electron chi connectivity index (χ1n) is 10.7. The number of morpholine rings is 1. The average molecular weight is 445 g/mol. The van der Waals surface area contributed by atoms with Crippen molar-refractivity contribution in [2.45, 2.75) is 44.0 Å². The fraction of sp³-hybridized carbons (Fsp3) is 0.500. The normalized spacial score (nSPS) is 20.6. The van der Waals surface area contributed by atoms with Crippen LogP contribution in [0.15, 0.2) is 35.4 Å². The number of nitrogens with zero attached hydrogens (tertiary/aromatic N) is 4. The Labute approximate surface area is 183 Å². The topological polar surface area (TPSA) is 92.7 Å². The summed E-state index contributed by atoms with van der Waals surface area (Å²) in [7, 11) is -3.73. The Hall–Kier alpha value is -2.36. The van der Waals surface area contributed by atoms with Gasteiger partial charge >= 0.3 is 0 Å². The molecule has 0 radical (unpaired) electrons. The average Bonchev–Trinajstić information content (AvgIpc) is 2.79. The number of piperidine rings is 1. The van der Waals surface area contributed by atoms with Gasteiger partial charge in [0.25, 0.3) is 5.91 Å². The summed E-state index contributed by atoms with van der Waals surface area (Å²) in [6, 6.07) is 6.38. The second-order valence-corrected chi connectivity index (χ2v) is 9.95. The summed E-state index contributed by atoms with van der Waals surface area (Å²) >= 11 is 0. The van der Waals surface area contributed by atoms with Gasteiger partial charge in [-0.3, -0.25) is 4.79 Å². The van der Waals surface area contributed by atoms with Crippen LogP contribution in [-0.4, -0.2) is 66.3 Å². The van der Waals surface area contributed by atoms with E-state index >= 15 is 0 Å². The van der Waals surface area contributed by atoms with Crippen LogP contribution in [0.5, 0.6) is 0 Å². The van der Waals surface area contributed by atoms with Crippen molar-refractivity contribution in [1.82, 2.24) is 19.2 Å². The largest absolute Gasteiger partial charge is 0.378 e. The number of carbonyl (C=O) groups is 1. The molecule has 2 fully saturated rings. The summed E-state index contributed by atoms with van der Waals surface area (Å²) in [4.78, 5) is 24.1. The van der Waals surface area contributed by atoms with Gasteiger partial charge in [0.1, 0.15) is 5.82 Å². The summed E-state index contributed by atoms with van der Waals surface area (Å²) in [6.45, 7) is 6.07. The van der Waals surface area contributed by atoms with Crippen molar-refractivity contribution < 1.29 is 17.9 Å². The van der Waals surface area contributed by atoms with E-state index in [1.54, 1.807) is 42.3 Å². The SMILES string of the molecule is Cc1ccc(S(=O)(=O)N2CCCC[C@@H]2c2nc(C)ncc2C(=O)N2CCOCC2)cc1. The van der Waals surface area contributed by atoms with Crippen LogP contribution in [0.3, 0.4) is 0 Å². The number of carbonyl (C=O) groups excluding carboxylic acids is 1. The zero-order valence-electron chi connectivity index (χ0n) is 18.0. The third-order valence-corrected chi connectivity index (χ3v) is 7.79. The standard InChI is InChI=1S/C22H28N4O4S/c1-16-6-8-18(9-7-16)31(28,29)26-10-4-3-5-20(26)21-19(15-23-17(2)24-21)22(27)25-11-13-30-14-12-25/h6-9,15,20H,3-5,10-14H2,1-2H3/t20-/m1/s1. The number of rotatable bonds is 4. The highest BCUT2D eigenvalue weighted by atomic mass is 32.2. The van der Waals surface area contributed by atoms with E-state index in [1.165, 1.54) is 4.31 Å². The summed E-state index contributed by atoms with van der Waals surface area (Å²) in [5, 5.41) is 0. The molecule has 0 bridgehead atoms. The molecule has 1 aromatic heterocycles. The smallest absolute Gasteiger partial charge is 0.257 e. The molecule has 2 aromatic rings. The van der Waals surface area contributed by atoms with E-state index in [1.807, 2.05) is 6.92 Å². The molecule has 2 aliphatic rings. The number of hydrogen-bond donors (Lipinski definition) is 0. The number of aromatic nitrogens is 2. The van der Waals surface area contributed by atoms with Gasteiger partial charge in [0, 0.05) is 25.8 Å². The van der Waals surface area contributed by atoms with Gasteiger partial charge in [-0.05, 0) is 38.8 Å². The molecule has 0 saturated carbocycles. The monoisotopic (exact) mass is 444 g/mol. The van der Waals surface area contributed by atoms with Gasteiger partial charge in [-0.1, -0.05) is 24.1 Å². The number of benzene rings is 1. The summed E-state index contributed by atoms with van der Waals surface area (Å²) in [5.74, 6) is 0.350. The van der Waals surface area contributed by atoms with E-state index in [-0.39, 0.29) is 10.8 Å². The Morgan fingerprint density at radius 3 is 2.48 bits per heavy atom. The molecule has 0 N–H and O–H groups in total. The molecule has 0 aliphatic carbocycles. The molecule has 4 rings (SSSR count). The third-order valence-electron chi connectivity index (χ3n) is 5.86. The lowest BCUT2D eigenvalue weighted by Crippen LogP contribution is -2.43. The van der Waals surface area contributed by atoms with Crippen molar-refractivity contribution >= 4 is 15.9 Å². The summed E-state index contributed by atoms with van der Waals surface area (Å²) in [5.41, 5.74) is 1.88. The van der Waals surface area contributed by atoms with E-state index in [4.69, 9.17) is 4.74 Å². The van der Waals surface area contributed by atoms with Crippen LogP contribution in [0.25, 0.3) is 0 Å². The van der Waals surface area contributed by atoms with Crippen molar-refractivity contribution in [2.24, 2.45) is 0 Å². The number of amides is 1. The van der Waals surface area contributed by atoms with E-state index in [2.05, 4.69) is 9.97 Å². The molecule has 1 aromatic carbocycles. The molecule has 2 saturated heterocycles. The highest BCUT2D eigenvalue weighted by Crippen LogP contribution is 2.36. The lowest BCUT2D eigenvalue weighted by atomic mass is 9.98. The van der Waals surface area contributed by atoms with Crippen LogP contribution in [0.4, 0.5) is 0 Å². The number of aryl methyl sites for hydroxylation is 2. The Morgan fingerprint density at radius 2 is 1.77 bits per heavy atom. The van der Waals surface area contributed by atoms with E-state index in [0.717, 1.165) is 18.4 Å².